The molecule has 0 aromatic carbocycles. The highest BCUT2D eigenvalue weighted by Crippen LogP contribution is 2.23. The molecular weight excluding hydrogens is 178 g/mol. The summed E-state index contributed by atoms with van der Waals surface area (Å²) in [4.78, 5) is 11.6. The van der Waals surface area contributed by atoms with Gasteiger partial charge in [-0.15, -0.1) is 0 Å². The summed E-state index contributed by atoms with van der Waals surface area (Å²) in [5, 5.41) is 2.83. The third kappa shape index (κ3) is 2.23. The Kier molecular flexibility index (Phi) is 3.47. The Morgan fingerprint density at radius 3 is 2.71 bits per heavy atom. The predicted octanol–water partition coefficient (Wildman–Crippen LogP) is 2.11. The highest BCUT2D eigenvalue weighted by molar-refractivity contribution is 5.96. The molecule has 0 saturated carbocycles. The maximum Gasteiger partial charge on any atom is 0.211 e. The molecule has 0 amide bonds. The van der Waals surface area contributed by atoms with E-state index in [1.165, 1.54) is 0 Å². The second-order valence-electron chi connectivity index (χ2n) is 3.75. The maximum absolute atomic E-state index is 11.6. The lowest BCUT2D eigenvalue weighted by Gasteiger charge is -2.03. The van der Waals surface area contributed by atoms with Crippen LogP contribution in [0.2, 0.25) is 0 Å². The third-order valence-electron chi connectivity index (χ3n) is 2.10. The molecule has 78 valence electrons. The van der Waals surface area contributed by atoms with Crippen molar-refractivity contribution in [3.8, 4) is 0 Å². The van der Waals surface area contributed by atoms with E-state index in [0.717, 1.165) is 11.3 Å². The number of Topliss-reactive ketones (excluding diaryl/α,β-unsaturated/α-hetero) is 1. The van der Waals surface area contributed by atoms with Gasteiger partial charge in [0.05, 0.1) is 6.54 Å². The molecule has 0 atom stereocenters. The van der Waals surface area contributed by atoms with Crippen LogP contribution in [0.4, 0.5) is 0 Å². The number of rotatable bonds is 4. The van der Waals surface area contributed by atoms with Crippen LogP contribution in [-0.4, -0.2) is 19.4 Å². The number of furan rings is 1. The summed E-state index contributed by atoms with van der Waals surface area (Å²) in [6, 6.07) is 1.94. The highest BCUT2D eigenvalue weighted by atomic mass is 16.3. The van der Waals surface area contributed by atoms with Gasteiger partial charge in [0, 0.05) is 5.56 Å². The molecule has 0 fully saturated rings. The van der Waals surface area contributed by atoms with Crippen molar-refractivity contribution in [1.82, 2.24) is 5.32 Å². The summed E-state index contributed by atoms with van der Waals surface area (Å²) in [7, 11) is 1.75. The van der Waals surface area contributed by atoms with Gasteiger partial charge in [-0.2, -0.15) is 0 Å². The van der Waals surface area contributed by atoms with Gasteiger partial charge in [0.15, 0.2) is 5.76 Å². The van der Waals surface area contributed by atoms with Gasteiger partial charge in [0.2, 0.25) is 5.78 Å². The SMILES string of the molecule is CNCC(=O)c1oc(C)cc1C(C)C. The zero-order valence-corrected chi connectivity index (χ0v) is 9.18. The van der Waals surface area contributed by atoms with E-state index in [9.17, 15) is 4.79 Å². The normalized spacial score (nSPS) is 10.9. The van der Waals surface area contributed by atoms with Gasteiger partial charge in [0.1, 0.15) is 5.76 Å². The minimum Gasteiger partial charge on any atom is -0.458 e. The largest absolute Gasteiger partial charge is 0.458 e. The highest BCUT2D eigenvalue weighted by Gasteiger charge is 2.18. The number of ketones is 1. The summed E-state index contributed by atoms with van der Waals surface area (Å²) in [5.74, 6) is 1.65. The number of aryl methyl sites for hydroxylation is 1. The van der Waals surface area contributed by atoms with E-state index in [-0.39, 0.29) is 5.78 Å². The molecular formula is C11H17NO2. The molecule has 1 heterocycles. The van der Waals surface area contributed by atoms with E-state index in [1.54, 1.807) is 7.05 Å². The minimum atomic E-state index is 0.0179. The first-order valence-electron chi connectivity index (χ1n) is 4.84. The van der Waals surface area contributed by atoms with Crippen molar-refractivity contribution >= 4 is 5.78 Å². The van der Waals surface area contributed by atoms with E-state index in [0.29, 0.717) is 18.2 Å². The van der Waals surface area contributed by atoms with Crippen molar-refractivity contribution < 1.29 is 9.21 Å². The van der Waals surface area contributed by atoms with E-state index < -0.39 is 0 Å². The number of carbonyl (C=O) groups excluding carboxylic acids is 1. The molecule has 1 aromatic rings. The van der Waals surface area contributed by atoms with Gasteiger partial charge in [0.25, 0.3) is 0 Å². The first-order chi connectivity index (χ1) is 6.56. The average Bonchev–Trinajstić information content (AvgIpc) is 2.48. The van der Waals surface area contributed by atoms with Gasteiger partial charge in [-0.05, 0) is 26.0 Å². The lowest BCUT2D eigenvalue weighted by atomic mass is 10.0. The summed E-state index contributed by atoms with van der Waals surface area (Å²) in [6.07, 6.45) is 0. The van der Waals surface area contributed by atoms with E-state index in [4.69, 9.17) is 4.42 Å². The molecule has 3 heteroatoms. The standard InChI is InChI=1S/C11H17NO2/c1-7(2)9-5-8(3)14-11(9)10(13)6-12-4/h5,7,12H,6H2,1-4H3. The second-order valence-corrected chi connectivity index (χ2v) is 3.75. The average molecular weight is 195 g/mol. The summed E-state index contributed by atoms with van der Waals surface area (Å²) in [6.45, 7) is 6.30. The van der Waals surface area contributed by atoms with E-state index in [2.05, 4.69) is 19.2 Å². The van der Waals surface area contributed by atoms with Crippen molar-refractivity contribution in [2.75, 3.05) is 13.6 Å². The Morgan fingerprint density at radius 1 is 1.57 bits per heavy atom. The Labute approximate surface area is 84.5 Å². The number of hydrogen-bond acceptors (Lipinski definition) is 3. The fourth-order valence-corrected chi connectivity index (χ4v) is 1.42. The first-order valence-corrected chi connectivity index (χ1v) is 4.84. The Morgan fingerprint density at radius 2 is 2.21 bits per heavy atom. The lowest BCUT2D eigenvalue weighted by Crippen LogP contribution is -2.19. The molecule has 0 radical (unpaired) electrons. The second kappa shape index (κ2) is 4.42. The molecule has 14 heavy (non-hydrogen) atoms. The quantitative estimate of drug-likeness (QED) is 0.748. The van der Waals surface area contributed by atoms with E-state index >= 15 is 0 Å². The zero-order chi connectivity index (χ0) is 10.7. The van der Waals surface area contributed by atoms with Crippen LogP contribution in [0.15, 0.2) is 10.5 Å². The van der Waals surface area contributed by atoms with Crippen LogP contribution in [0.5, 0.6) is 0 Å². The number of carbonyl (C=O) groups is 1. The Hall–Kier alpha value is -1.09. The molecule has 1 N–H and O–H groups in total. The minimum absolute atomic E-state index is 0.0179. The molecule has 0 unspecified atom stereocenters. The van der Waals surface area contributed by atoms with Crippen LogP contribution in [0, 0.1) is 6.92 Å². The third-order valence-corrected chi connectivity index (χ3v) is 2.10. The smallest absolute Gasteiger partial charge is 0.211 e. The fraction of sp³-hybridized carbons (Fsp3) is 0.545. The molecule has 1 rings (SSSR count). The number of nitrogens with one attached hydrogen (secondary N) is 1. The fourth-order valence-electron chi connectivity index (χ4n) is 1.42. The molecule has 3 nitrogen and oxygen atoms in total. The van der Waals surface area contributed by atoms with Crippen LogP contribution < -0.4 is 5.32 Å². The summed E-state index contributed by atoms with van der Waals surface area (Å²) >= 11 is 0. The summed E-state index contributed by atoms with van der Waals surface area (Å²) < 4.78 is 5.40. The van der Waals surface area contributed by atoms with E-state index in [1.807, 2.05) is 13.0 Å². The maximum atomic E-state index is 11.6. The van der Waals surface area contributed by atoms with Gasteiger partial charge < -0.3 is 9.73 Å². The van der Waals surface area contributed by atoms with Crippen LogP contribution >= 0.6 is 0 Å². The van der Waals surface area contributed by atoms with Gasteiger partial charge in [-0.25, -0.2) is 0 Å². The first kappa shape index (κ1) is 11.0. The molecule has 0 aliphatic rings. The lowest BCUT2D eigenvalue weighted by molar-refractivity contribution is 0.0964. The van der Waals surface area contributed by atoms with Crippen LogP contribution in [-0.2, 0) is 0 Å². The molecule has 1 aromatic heterocycles. The molecule has 0 saturated heterocycles. The van der Waals surface area contributed by atoms with Crippen molar-refractivity contribution in [3.05, 3.63) is 23.2 Å². The molecule has 0 aliphatic carbocycles. The van der Waals surface area contributed by atoms with Crippen molar-refractivity contribution in [2.45, 2.75) is 26.7 Å². The molecule has 0 bridgehead atoms. The zero-order valence-electron chi connectivity index (χ0n) is 9.18. The molecule has 0 aliphatic heterocycles. The van der Waals surface area contributed by atoms with Crippen molar-refractivity contribution in [1.29, 1.82) is 0 Å². The molecule has 0 spiro atoms. The van der Waals surface area contributed by atoms with Gasteiger partial charge in [-0.3, -0.25) is 4.79 Å². The number of likely N-dealkylation sites (N-methyl/N-ethyl adjacent to an activating group) is 1. The van der Waals surface area contributed by atoms with Crippen LogP contribution in [0.1, 0.15) is 41.6 Å². The van der Waals surface area contributed by atoms with Crippen molar-refractivity contribution in [3.63, 3.8) is 0 Å². The Balaban J connectivity index is 3.00. The number of hydrogen-bond donors (Lipinski definition) is 1. The monoisotopic (exact) mass is 195 g/mol. The summed E-state index contributed by atoms with van der Waals surface area (Å²) in [5.41, 5.74) is 1.00. The predicted molar refractivity (Wildman–Crippen MR) is 55.8 cm³/mol. The van der Waals surface area contributed by atoms with Crippen molar-refractivity contribution in [2.24, 2.45) is 0 Å². The topological polar surface area (TPSA) is 42.2 Å². The van der Waals surface area contributed by atoms with Crippen LogP contribution in [0.3, 0.4) is 0 Å². The van der Waals surface area contributed by atoms with Gasteiger partial charge in [-0.1, -0.05) is 13.8 Å². The van der Waals surface area contributed by atoms with Crippen LogP contribution in [0.25, 0.3) is 0 Å². The Bertz CT molecular complexity index is 326. The van der Waals surface area contributed by atoms with Gasteiger partial charge >= 0.3 is 0 Å².